The molecule has 44 heavy (non-hydrogen) atoms. The summed E-state index contributed by atoms with van der Waals surface area (Å²) in [5.74, 6) is -1.68. The molecule has 0 spiro atoms. The van der Waals surface area contributed by atoms with Crippen LogP contribution in [0.15, 0.2) is 81.2 Å². The van der Waals surface area contributed by atoms with Crippen molar-refractivity contribution in [2.24, 2.45) is 5.92 Å². The lowest BCUT2D eigenvalue weighted by Crippen LogP contribution is -2.48. The van der Waals surface area contributed by atoms with Crippen molar-refractivity contribution in [2.75, 3.05) is 18.8 Å². The van der Waals surface area contributed by atoms with Gasteiger partial charge in [-0.3, -0.25) is 9.59 Å². The van der Waals surface area contributed by atoms with Gasteiger partial charge in [-0.05, 0) is 66.5 Å². The first-order valence-corrected chi connectivity index (χ1v) is 18.1. The molecule has 0 aliphatic carbocycles. The number of hydrogen-bond donors (Lipinski definition) is 4. The maximum absolute atomic E-state index is 13.6. The van der Waals surface area contributed by atoms with Crippen LogP contribution in [0.4, 0.5) is 5.69 Å². The largest absolute Gasteiger partial charge is 0.481 e. The van der Waals surface area contributed by atoms with E-state index in [-0.39, 0.29) is 47.4 Å². The second kappa shape index (κ2) is 16.1. The van der Waals surface area contributed by atoms with Crippen LogP contribution >= 0.6 is 11.3 Å². The van der Waals surface area contributed by atoms with E-state index in [1.165, 1.54) is 34.6 Å². The van der Waals surface area contributed by atoms with Gasteiger partial charge in [0.25, 0.3) is 10.0 Å². The van der Waals surface area contributed by atoms with Crippen molar-refractivity contribution in [3.63, 3.8) is 0 Å². The normalized spacial score (nSPS) is 13.5. The average molecular weight is 665 g/mol. The molecule has 0 saturated heterocycles. The molecular formula is C30H40N4O7S3. The standard InChI is InChI=1S/C30H40N4O7S3/c1-22(2)21-34(44(40,41)26-15-13-24(31)14-16-26)25(20-28(35)36)11-6-7-17-32-30(37)27(19-23-9-4-3-5-10-23)33-43(38,39)29-12-8-18-42-29/h3-5,8-10,12-16,18,22,25,27,33H,6-7,11,17,19-21,31H2,1-2H3,(H,32,37)(H,35,36)/t25-,27-/m0/s1. The molecule has 0 bridgehead atoms. The molecule has 0 unspecified atom stereocenters. The molecule has 0 fully saturated rings. The molecule has 5 N–H and O–H groups in total. The van der Waals surface area contributed by atoms with Crippen molar-refractivity contribution in [1.29, 1.82) is 0 Å². The minimum absolute atomic E-state index is 0.0319. The molecule has 0 aliphatic rings. The predicted octanol–water partition coefficient (Wildman–Crippen LogP) is 3.70. The topological polar surface area (TPSA) is 176 Å². The zero-order valence-electron chi connectivity index (χ0n) is 24.8. The number of rotatable bonds is 18. The summed E-state index contributed by atoms with van der Waals surface area (Å²) in [6, 6.07) is 16.1. The average Bonchev–Trinajstić information content (AvgIpc) is 3.52. The lowest BCUT2D eigenvalue weighted by atomic mass is 10.0. The van der Waals surface area contributed by atoms with Crippen LogP contribution in [0.25, 0.3) is 0 Å². The van der Waals surface area contributed by atoms with Crippen LogP contribution in [0.5, 0.6) is 0 Å². The van der Waals surface area contributed by atoms with Crippen molar-refractivity contribution < 1.29 is 31.5 Å². The Bertz CT molecular complexity index is 1560. The molecule has 1 amide bonds. The van der Waals surface area contributed by atoms with E-state index in [4.69, 9.17) is 5.73 Å². The van der Waals surface area contributed by atoms with E-state index in [9.17, 15) is 31.5 Å². The molecule has 3 aromatic rings. The summed E-state index contributed by atoms with van der Waals surface area (Å²) in [6.45, 7) is 4.04. The van der Waals surface area contributed by atoms with Gasteiger partial charge in [0, 0.05) is 24.8 Å². The van der Waals surface area contributed by atoms with Crippen LogP contribution in [-0.4, -0.2) is 63.3 Å². The Morgan fingerprint density at radius 1 is 0.955 bits per heavy atom. The first kappa shape index (κ1) is 35.2. The van der Waals surface area contributed by atoms with E-state index < -0.39 is 44.0 Å². The maximum atomic E-state index is 13.6. The Labute approximate surface area is 263 Å². The fourth-order valence-corrected chi connectivity index (χ4v) is 8.69. The lowest BCUT2D eigenvalue weighted by Gasteiger charge is -2.31. The molecule has 0 saturated carbocycles. The number of nitrogens with one attached hydrogen (secondary N) is 2. The van der Waals surface area contributed by atoms with Crippen molar-refractivity contribution in [1.82, 2.24) is 14.3 Å². The van der Waals surface area contributed by atoms with Gasteiger partial charge in [0.2, 0.25) is 15.9 Å². The van der Waals surface area contributed by atoms with Gasteiger partial charge in [-0.15, -0.1) is 11.3 Å². The second-order valence-electron chi connectivity index (χ2n) is 10.9. The van der Waals surface area contributed by atoms with E-state index in [2.05, 4.69) is 10.0 Å². The third-order valence-corrected chi connectivity index (χ3v) is 11.6. The molecule has 14 heteroatoms. The van der Waals surface area contributed by atoms with Crippen LogP contribution in [0.2, 0.25) is 0 Å². The zero-order valence-corrected chi connectivity index (χ0v) is 27.2. The molecular weight excluding hydrogens is 625 g/mol. The van der Waals surface area contributed by atoms with E-state index in [1.54, 1.807) is 11.4 Å². The number of sulfonamides is 2. The van der Waals surface area contributed by atoms with Gasteiger partial charge >= 0.3 is 5.97 Å². The number of nitrogens with two attached hydrogens (primary N) is 1. The Balaban J connectivity index is 1.67. The van der Waals surface area contributed by atoms with Crippen molar-refractivity contribution in [3.8, 4) is 0 Å². The van der Waals surface area contributed by atoms with Gasteiger partial charge < -0.3 is 16.2 Å². The number of aliphatic carboxylic acids is 1. The van der Waals surface area contributed by atoms with Crippen LogP contribution in [0, 0.1) is 5.92 Å². The molecule has 240 valence electrons. The van der Waals surface area contributed by atoms with Crippen LogP contribution in [0.3, 0.4) is 0 Å². The van der Waals surface area contributed by atoms with E-state index in [0.29, 0.717) is 18.5 Å². The Morgan fingerprint density at radius 2 is 1.64 bits per heavy atom. The number of unbranched alkanes of at least 4 members (excludes halogenated alkanes) is 1. The number of carboxylic acid groups (broad SMARTS) is 1. The predicted molar refractivity (Wildman–Crippen MR) is 171 cm³/mol. The highest BCUT2D eigenvalue weighted by molar-refractivity contribution is 7.91. The van der Waals surface area contributed by atoms with Gasteiger partial charge in [0.15, 0.2) is 0 Å². The summed E-state index contributed by atoms with van der Waals surface area (Å²) in [5.41, 5.74) is 6.92. The minimum Gasteiger partial charge on any atom is -0.481 e. The van der Waals surface area contributed by atoms with Crippen LogP contribution in [-0.2, 0) is 36.1 Å². The van der Waals surface area contributed by atoms with Crippen molar-refractivity contribution in [3.05, 3.63) is 77.7 Å². The van der Waals surface area contributed by atoms with E-state index in [0.717, 1.165) is 16.9 Å². The zero-order chi connectivity index (χ0) is 32.3. The number of hydrogen-bond acceptors (Lipinski definition) is 8. The molecule has 1 aromatic heterocycles. The lowest BCUT2D eigenvalue weighted by molar-refractivity contribution is -0.138. The number of nitrogen functional groups attached to an aromatic ring is 1. The molecule has 11 nitrogen and oxygen atoms in total. The highest BCUT2D eigenvalue weighted by Crippen LogP contribution is 2.25. The number of nitrogens with zero attached hydrogens (tertiary/aromatic N) is 1. The Hall–Kier alpha value is -3.30. The summed E-state index contributed by atoms with van der Waals surface area (Å²) < 4.78 is 56.8. The number of amides is 1. The second-order valence-corrected chi connectivity index (χ2v) is 15.7. The fraction of sp³-hybridized carbons (Fsp3) is 0.400. The Morgan fingerprint density at radius 3 is 2.23 bits per heavy atom. The smallest absolute Gasteiger partial charge is 0.304 e. The number of carboxylic acids is 1. The van der Waals surface area contributed by atoms with E-state index >= 15 is 0 Å². The number of carbonyl (C=O) groups is 2. The van der Waals surface area contributed by atoms with E-state index in [1.807, 2.05) is 44.2 Å². The first-order chi connectivity index (χ1) is 20.8. The number of thiophene rings is 1. The number of benzene rings is 2. The third-order valence-electron chi connectivity index (χ3n) is 6.77. The summed E-state index contributed by atoms with van der Waals surface area (Å²) in [7, 11) is -7.93. The molecule has 2 aromatic carbocycles. The van der Waals surface area contributed by atoms with Crippen LogP contribution < -0.4 is 15.8 Å². The van der Waals surface area contributed by atoms with Gasteiger partial charge in [0.05, 0.1) is 11.3 Å². The Kier molecular flexibility index (Phi) is 12.9. The molecule has 0 radical (unpaired) electrons. The highest BCUT2D eigenvalue weighted by atomic mass is 32.2. The van der Waals surface area contributed by atoms with Gasteiger partial charge in [-0.2, -0.15) is 9.03 Å². The number of anilines is 1. The fourth-order valence-electron chi connectivity index (χ4n) is 4.67. The first-order valence-electron chi connectivity index (χ1n) is 14.3. The maximum Gasteiger partial charge on any atom is 0.304 e. The monoisotopic (exact) mass is 664 g/mol. The number of carbonyl (C=O) groups excluding carboxylic acids is 1. The van der Waals surface area contributed by atoms with Crippen LogP contribution in [0.1, 0.15) is 45.1 Å². The quantitative estimate of drug-likeness (QED) is 0.118. The molecule has 3 rings (SSSR count). The van der Waals surface area contributed by atoms with Gasteiger partial charge in [-0.1, -0.05) is 56.7 Å². The molecule has 1 heterocycles. The summed E-state index contributed by atoms with van der Waals surface area (Å²) in [4.78, 5) is 25.0. The van der Waals surface area contributed by atoms with Gasteiger partial charge in [-0.25, -0.2) is 16.8 Å². The molecule has 2 atom stereocenters. The summed E-state index contributed by atoms with van der Waals surface area (Å²) >= 11 is 1.05. The highest BCUT2D eigenvalue weighted by Gasteiger charge is 2.33. The summed E-state index contributed by atoms with van der Waals surface area (Å²) in [6.07, 6.45) is 0.868. The SMILES string of the molecule is CC(C)CN([C@@H](CCCCNC(=O)[C@H](Cc1ccccc1)NS(=O)(=O)c1cccs1)CC(=O)O)S(=O)(=O)c1ccc(N)cc1. The molecule has 0 aliphatic heterocycles. The minimum atomic E-state index is -4.01. The summed E-state index contributed by atoms with van der Waals surface area (Å²) in [5, 5.41) is 14.0. The third kappa shape index (κ3) is 10.4. The van der Waals surface area contributed by atoms with Gasteiger partial charge in [0.1, 0.15) is 10.3 Å². The van der Waals surface area contributed by atoms with Crippen molar-refractivity contribution in [2.45, 2.75) is 67.1 Å². The van der Waals surface area contributed by atoms with Crippen molar-refractivity contribution >= 4 is 48.9 Å².